The van der Waals surface area contributed by atoms with Crippen LogP contribution in [0.4, 0.5) is 11.4 Å². The number of hydrogen-bond acceptors (Lipinski definition) is 4. The molecule has 2 amide bonds. The van der Waals surface area contributed by atoms with Gasteiger partial charge in [-0.2, -0.15) is 0 Å². The summed E-state index contributed by atoms with van der Waals surface area (Å²) in [4.78, 5) is 27.7. The van der Waals surface area contributed by atoms with Crippen molar-refractivity contribution in [1.29, 1.82) is 0 Å². The van der Waals surface area contributed by atoms with Crippen molar-refractivity contribution in [3.63, 3.8) is 0 Å². The Morgan fingerprint density at radius 3 is 2.14 bits per heavy atom. The molecule has 2 rings (SSSR count). The molecule has 0 radical (unpaired) electrons. The maximum Gasteiger partial charge on any atom is 0.234 e. The van der Waals surface area contributed by atoms with Gasteiger partial charge in [0.05, 0.1) is 5.75 Å². The highest BCUT2D eigenvalue weighted by Crippen LogP contribution is 2.17. The van der Waals surface area contributed by atoms with Crippen LogP contribution in [0.3, 0.4) is 0 Å². The number of hydrogen-bond donors (Lipinski definition) is 2. The second-order valence-corrected chi connectivity index (χ2v) is 5.33. The van der Waals surface area contributed by atoms with E-state index in [0.717, 1.165) is 4.90 Å². The quantitative estimate of drug-likeness (QED) is 0.833. The third kappa shape index (κ3) is 5.27. The molecular weight excluding hydrogens is 286 g/mol. The molecular formula is C15H15N3O2S. The highest BCUT2D eigenvalue weighted by atomic mass is 32.2. The molecule has 0 fully saturated rings. The number of anilines is 2. The smallest absolute Gasteiger partial charge is 0.234 e. The van der Waals surface area contributed by atoms with Crippen LogP contribution in [0, 0.1) is 0 Å². The van der Waals surface area contributed by atoms with E-state index in [-0.39, 0.29) is 11.8 Å². The van der Waals surface area contributed by atoms with Crippen LogP contribution in [0.5, 0.6) is 0 Å². The lowest BCUT2D eigenvalue weighted by Gasteiger charge is -2.07. The van der Waals surface area contributed by atoms with Gasteiger partial charge < -0.3 is 10.6 Å². The fraction of sp³-hybridized carbons (Fsp3) is 0.133. The van der Waals surface area contributed by atoms with Crippen molar-refractivity contribution in [3.05, 3.63) is 48.8 Å². The summed E-state index contributed by atoms with van der Waals surface area (Å²) in [5.41, 5.74) is 1.40. The standard InChI is InChI=1S/C15H15N3O2S/c1-11(19)17-12-2-4-13(5-3-12)18-15(20)10-21-14-6-8-16-9-7-14/h2-9H,10H2,1H3,(H,17,19)(H,18,20). The molecule has 6 heteroatoms. The summed E-state index contributed by atoms with van der Waals surface area (Å²) in [7, 11) is 0. The lowest BCUT2D eigenvalue weighted by atomic mass is 10.3. The lowest BCUT2D eigenvalue weighted by molar-refractivity contribution is -0.114. The van der Waals surface area contributed by atoms with Crippen molar-refractivity contribution in [3.8, 4) is 0 Å². The number of benzene rings is 1. The van der Waals surface area contributed by atoms with E-state index in [1.54, 1.807) is 36.7 Å². The number of carbonyl (C=O) groups is 2. The third-order valence-corrected chi connectivity index (χ3v) is 3.52. The lowest BCUT2D eigenvalue weighted by Crippen LogP contribution is -2.14. The summed E-state index contributed by atoms with van der Waals surface area (Å²) in [5.74, 6) is 0.127. The van der Waals surface area contributed by atoms with Gasteiger partial charge in [-0.25, -0.2) is 0 Å². The molecule has 0 unspecified atom stereocenters. The Bertz CT molecular complexity index is 615. The molecule has 0 aliphatic rings. The SMILES string of the molecule is CC(=O)Nc1ccc(NC(=O)CSc2ccncc2)cc1. The Balaban J connectivity index is 1.83. The molecule has 0 aliphatic heterocycles. The molecule has 108 valence electrons. The minimum atomic E-state index is -0.125. The van der Waals surface area contributed by atoms with Gasteiger partial charge in [0.25, 0.3) is 0 Å². The molecule has 2 N–H and O–H groups in total. The summed E-state index contributed by atoms with van der Waals surface area (Å²) in [6.45, 7) is 1.45. The first-order chi connectivity index (χ1) is 10.1. The zero-order valence-corrected chi connectivity index (χ0v) is 12.3. The Kier molecular flexibility index (Phi) is 5.34. The van der Waals surface area contributed by atoms with Gasteiger partial charge >= 0.3 is 0 Å². The summed E-state index contributed by atoms with van der Waals surface area (Å²) in [6.07, 6.45) is 3.39. The van der Waals surface area contributed by atoms with Gasteiger partial charge in [0.1, 0.15) is 0 Å². The number of rotatable bonds is 5. The number of nitrogens with one attached hydrogen (secondary N) is 2. The van der Waals surface area contributed by atoms with E-state index in [1.807, 2.05) is 12.1 Å². The van der Waals surface area contributed by atoms with E-state index < -0.39 is 0 Å². The molecule has 0 atom stereocenters. The van der Waals surface area contributed by atoms with E-state index >= 15 is 0 Å². The second-order valence-electron chi connectivity index (χ2n) is 4.28. The Morgan fingerprint density at radius 2 is 1.57 bits per heavy atom. The molecule has 1 aromatic carbocycles. The Morgan fingerprint density at radius 1 is 1.00 bits per heavy atom. The van der Waals surface area contributed by atoms with E-state index in [2.05, 4.69) is 15.6 Å². The zero-order valence-electron chi connectivity index (χ0n) is 11.5. The summed E-state index contributed by atoms with van der Waals surface area (Å²) >= 11 is 1.45. The maximum absolute atomic E-state index is 11.8. The van der Waals surface area contributed by atoms with Gasteiger partial charge in [-0.1, -0.05) is 0 Å². The van der Waals surface area contributed by atoms with E-state index in [0.29, 0.717) is 17.1 Å². The molecule has 1 aromatic heterocycles. The highest BCUT2D eigenvalue weighted by Gasteiger charge is 2.04. The zero-order chi connectivity index (χ0) is 15.1. The van der Waals surface area contributed by atoms with Gasteiger partial charge in [-0.05, 0) is 36.4 Å². The molecule has 0 saturated heterocycles. The van der Waals surface area contributed by atoms with Crippen LogP contribution >= 0.6 is 11.8 Å². The second kappa shape index (κ2) is 7.44. The fourth-order valence-corrected chi connectivity index (χ4v) is 2.30. The maximum atomic E-state index is 11.8. The Hall–Kier alpha value is -2.34. The number of carbonyl (C=O) groups excluding carboxylic acids is 2. The number of nitrogens with zero attached hydrogens (tertiary/aromatic N) is 1. The molecule has 21 heavy (non-hydrogen) atoms. The number of amides is 2. The van der Waals surface area contributed by atoms with Gasteiger partial charge in [0, 0.05) is 35.6 Å². The van der Waals surface area contributed by atoms with Crippen molar-refractivity contribution in [2.24, 2.45) is 0 Å². The average Bonchev–Trinajstić information content (AvgIpc) is 2.48. The van der Waals surface area contributed by atoms with Crippen molar-refractivity contribution in [2.75, 3.05) is 16.4 Å². The minimum absolute atomic E-state index is 0.0795. The van der Waals surface area contributed by atoms with E-state index in [9.17, 15) is 9.59 Å². The monoisotopic (exact) mass is 301 g/mol. The molecule has 0 bridgehead atoms. The van der Waals surface area contributed by atoms with Crippen LogP contribution < -0.4 is 10.6 Å². The van der Waals surface area contributed by atoms with E-state index in [4.69, 9.17) is 0 Å². The van der Waals surface area contributed by atoms with Gasteiger partial charge in [0.15, 0.2) is 0 Å². The van der Waals surface area contributed by atoms with Crippen molar-refractivity contribution in [1.82, 2.24) is 4.98 Å². The molecule has 0 aliphatic carbocycles. The average molecular weight is 301 g/mol. The molecule has 5 nitrogen and oxygen atoms in total. The summed E-state index contributed by atoms with van der Waals surface area (Å²) < 4.78 is 0. The number of aromatic nitrogens is 1. The molecule has 0 saturated carbocycles. The first-order valence-corrected chi connectivity index (χ1v) is 7.32. The van der Waals surface area contributed by atoms with Crippen molar-refractivity contribution in [2.45, 2.75) is 11.8 Å². The topological polar surface area (TPSA) is 71.1 Å². The molecule has 2 aromatic rings. The molecule has 1 heterocycles. The molecule has 0 spiro atoms. The predicted octanol–water partition coefficient (Wildman–Crippen LogP) is 2.77. The van der Waals surface area contributed by atoms with Gasteiger partial charge in [0.2, 0.25) is 11.8 Å². The van der Waals surface area contributed by atoms with Gasteiger partial charge in [-0.3, -0.25) is 14.6 Å². The van der Waals surface area contributed by atoms with Crippen LogP contribution in [0.25, 0.3) is 0 Å². The number of pyridine rings is 1. The first-order valence-electron chi connectivity index (χ1n) is 6.34. The van der Waals surface area contributed by atoms with Crippen LogP contribution in [0.1, 0.15) is 6.92 Å². The largest absolute Gasteiger partial charge is 0.326 e. The van der Waals surface area contributed by atoms with Crippen LogP contribution in [0.2, 0.25) is 0 Å². The van der Waals surface area contributed by atoms with Crippen LogP contribution in [-0.2, 0) is 9.59 Å². The number of thioether (sulfide) groups is 1. The third-order valence-electron chi connectivity index (χ3n) is 2.51. The van der Waals surface area contributed by atoms with Gasteiger partial charge in [-0.15, -0.1) is 11.8 Å². The highest BCUT2D eigenvalue weighted by molar-refractivity contribution is 8.00. The summed E-state index contributed by atoms with van der Waals surface area (Å²) in [6, 6.07) is 10.7. The summed E-state index contributed by atoms with van der Waals surface area (Å²) in [5, 5.41) is 5.47. The Labute approximate surface area is 127 Å². The van der Waals surface area contributed by atoms with Crippen LogP contribution in [0.15, 0.2) is 53.7 Å². The fourth-order valence-electron chi connectivity index (χ4n) is 1.62. The first kappa shape index (κ1) is 15.1. The normalized spacial score (nSPS) is 9.95. The van der Waals surface area contributed by atoms with E-state index in [1.165, 1.54) is 18.7 Å². The van der Waals surface area contributed by atoms with Crippen molar-refractivity contribution >= 4 is 35.0 Å². The van der Waals surface area contributed by atoms with Crippen LogP contribution in [-0.4, -0.2) is 22.6 Å². The van der Waals surface area contributed by atoms with Crippen molar-refractivity contribution < 1.29 is 9.59 Å². The predicted molar refractivity (Wildman–Crippen MR) is 84.3 cm³/mol. The minimum Gasteiger partial charge on any atom is -0.326 e.